The second kappa shape index (κ2) is 12.7. The lowest BCUT2D eigenvalue weighted by molar-refractivity contribution is -0.111. The van der Waals surface area contributed by atoms with Gasteiger partial charge in [-0.3, -0.25) is 9.78 Å². The first-order chi connectivity index (χ1) is 19.1. The van der Waals surface area contributed by atoms with Crippen LogP contribution in [0.25, 0.3) is 10.9 Å². The molecule has 2 heterocycles. The third-order valence-electron chi connectivity index (χ3n) is 7.13. The first-order valence-electron chi connectivity index (χ1n) is 13.4. The summed E-state index contributed by atoms with van der Waals surface area (Å²) in [6.45, 7) is 3.93. The maximum atomic E-state index is 12.2. The molecule has 8 heteroatoms. The van der Waals surface area contributed by atoms with Crippen molar-refractivity contribution in [2.75, 3.05) is 10.6 Å². The number of ether oxygens (including phenoxy) is 1. The molecule has 1 aliphatic carbocycles. The van der Waals surface area contributed by atoms with Crippen molar-refractivity contribution in [1.82, 2.24) is 15.0 Å². The highest BCUT2D eigenvalue weighted by molar-refractivity contribution is 6.32. The molecule has 200 valence electrons. The summed E-state index contributed by atoms with van der Waals surface area (Å²) in [4.78, 5) is 25.5. The van der Waals surface area contributed by atoms with Crippen LogP contribution in [0.3, 0.4) is 0 Å². The molecule has 0 unspecified atom stereocenters. The largest absolute Gasteiger partial charge is 0.486 e. The highest BCUT2D eigenvalue weighted by atomic mass is 35.5. The van der Waals surface area contributed by atoms with Crippen molar-refractivity contribution < 1.29 is 9.53 Å². The molecule has 0 radical (unpaired) electrons. The van der Waals surface area contributed by atoms with E-state index < -0.39 is 0 Å². The Morgan fingerprint density at radius 3 is 2.74 bits per heavy atom. The van der Waals surface area contributed by atoms with Gasteiger partial charge < -0.3 is 15.4 Å². The first kappa shape index (κ1) is 26.6. The number of hydrogen-bond acceptors (Lipinski definition) is 6. The molecule has 39 heavy (non-hydrogen) atoms. The van der Waals surface area contributed by atoms with Crippen molar-refractivity contribution in [3.8, 4) is 5.75 Å². The number of benzene rings is 2. The van der Waals surface area contributed by atoms with Gasteiger partial charge in [-0.25, -0.2) is 9.97 Å². The summed E-state index contributed by atoms with van der Waals surface area (Å²) in [5.74, 6) is 1.76. The number of carbonyl (C=O) groups is 1. The van der Waals surface area contributed by atoms with Crippen LogP contribution < -0.4 is 15.4 Å². The fourth-order valence-corrected chi connectivity index (χ4v) is 5.34. The van der Waals surface area contributed by atoms with Crippen LogP contribution in [0.2, 0.25) is 5.02 Å². The van der Waals surface area contributed by atoms with E-state index in [1.807, 2.05) is 36.4 Å². The van der Waals surface area contributed by atoms with E-state index in [2.05, 4.69) is 38.2 Å². The number of anilines is 3. The van der Waals surface area contributed by atoms with Crippen molar-refractivity contribution in [2.45, 2.75) is 51.6 Å². The SMILES string of the molecule is C=CC(=O)Nc1cc2c(Nc3ccc(OCc4ccccn4)c(Cl)c3)ncnc2cc1CCCC1CCCC1. The fourth-order valence-electron chi connectivity index (χ4n) is 5.10. The fraction of sp³-hybridized carbons (Fsp3) is 0.290. The average molecular weight is 542 g/mol. The van der Waals surface area contributed by atoms with E-state index in [1.165, 1.54) is 38.2 Å². The molecule has 2 aromatic carbocycles. The van der Waals surface area contributed by atoms with Crippen molar-refractivity contribution >= 4 is 45.6 Å². The minimum absolute atomic E-state index is 0.245. The average Bonchev–Trinajstić information content (AvgIpc) is 3.47. The Morgan fingerprint density at radius 1 is 1.10 bits per heavy atom. The van der Waals surface area contributed by atoms with Gasteiger partial charge in [0.15, 0.2) is 0 Å². The van der Waals surface area contributed by atoms with E-state index in [4.69, 9.17) is 16.3 Å². The molecule has 0 spiro atoms. The van der Waals surface area contributed by atoms with Crippen LogP contribution >= 0.6 is 11.6 Å². The molecule has 4 aromatic rings. The number of halogens is 1. The van der Waals surface area contributed by atoms with Gasteiger partial charge in [-0.05, 0) is 72.9 Å². The number of rotatable bonds is 11. The molecule has 0 saturated heterocycles. The maximum absolute atomic E-state index is 12.2. The summed E-state index contributed by atoms with van der Waals surface area (Å²) in [6, 6.07) is 15.2. The molecule has 0 aliphatic heterocycles. The second-order valence-corrected chi connectivity index (χ2v) is 10.3. The smallest absolute Gasteiger partial charge is 0.247 e. The van der Waals surface area contributed by atoms with E-state index in [1.54, 1.807) is 18.6 Å². The highest BCUT2D eigenvalue weighted by Crippen LogP contribution is 2.34. The highest BCUT2D eigenvalue weighted by Gasteiger charge is 2.16. The van der Waals surface area contributed by atoms with Crippen molar-refractivity contribution in [2.24, 2.45) is 5.92 Å². The third kappa shape index (κ3) is 6.92. The summed E-state index contributed by atoms with van der Waals surface area (Å²) >= 11 is 6.52. The van der Waals surface area contributed by atoms with Crippen LogP contribution in [0.15, 0.2) is 73.7 Å². The zero-order valence-electron chi connectivity index (χ0n) is 21.8. The minimum atomic E-state index is -0.245. The van der Waals surface area contributed by atoms with E-state index in [-0.39, 0.29) is 5.91 Å². The van der Waals surface area contributed by atoms with Gasteiger partial charge in [0.2, 0.25) is 5.91 Å². The quantitative estimate of drug-likeness (QED) is 0.190. The van der Waals surface area contributed by atoms with Crippen molar-refractivity contribution in [3.05, 3.63) is 90.0 Å². The third-order valence-corrected chi connectivity index (χ3v) is 7.43. The van der Waals surface area contributed by atoms with Gasteiger partial charge in [0.05, 0.1) is 16.2 Å². The molecule has 2 aromatic heterocycles. The summed E-state index contributed by atoms with van der Waals surface area (Å²) in [5, 5.41) is 7.59. The monoisotopic (exact) mass is 541 g/mol. The Hall–Kier alpha value is -3.97. The van der Waals surface area contributed by atoms with Crippen LogP contribution in [0.4, 0.5) is 17.2 Å². The van der Waals surface area contributed by atoms with Crippen molar-refractivity contribution in [1.29, 1.82) is 0 Å². The molecule has 0 bridgehead atoms. The Kier molecular flexibility index (Phi) is 8.68. The Balaban J connectivity index is 1.35. The number of amides is 1. The number of aryl methyl sites for hydroxylation is 1. The molecule has 5 rings (SSSR count). The number of hydrogen-bond donors (Lipinski definition) is 2. The number of fused-ring (bicyclic) bond motifs is 1. The van der Waals surface area contributed by atoms with E-state index in [9.17, 15) is 4.79 Å². The molecule has 1 saturated carbocycles. The number of nitrogens with one attached hydrogen (secondary N) is 2. The Morgan fingerprint density at radius 2 is 1.97 bits per heavy atom. The lowest BCUT2D eigenvalue weighted by atomic mass is 9.97. The predicted molar refractivity (Wildman–Crippen MR) is 157 cm³/mol. The summed E-state index contributed by atoms with van der Waals surface area (Å²) in [6.07, 6.45) is 13.1. The van der Waals surface area contributed by atoms with Gasteiger partial charge >= 0.3 is 0 Å². The molecule has 1 aliphatic rings. The van der Waals surface area contributed by atoms with Gasteiger partial charge in [0.1, 0.15) is 24.5 Å². The normalized spacial score (nSPS) is 13.4. The van der Waals surface area contributed by atoms with Crippen LogP contribution in [0.1, 0.15) is 49.8 Å². The summed E-state index contributed by atoms with van der Waals surface area (Å²) in [7, 11) is 0. The van der Waals surface area contributed by atoms with Gasteiger partial charge in [-0.2, -0.15) is 0 Å². The minimum Gasteiger partial charge on any atom is -0.486 e. The molecule has 7 nitrogen and oxygen atoms in total. The van der Waals surface area contributed by atoms with Crippen molar-refractivity contribution in [3.63, 3.8) is 0 Å². The number of pyridine rings is 1. The molecular formula is C31H32ClN5O2. The van der Waals surface area contributed by atoms with Gasteiger partial charge in [-0.15, -0.1) is 0 Å². The van der Waals surface area contributed by atoms with Crippen LogP contribution in [-0.2, 0) is 17.8 Å². The van der Waals surface area contributed by atoms with Crippen LogP contribution in [0, 0.1) is 5.92 Å². The zero-order valence-corrected chi connectivity index (χ0v) is 22.6. The van der Waals surface area contributed by atoms with Gasteiger partial charge in [0, 0.05) is 23.0 Å². The second-order valence-electron chi connectivity index (χ2n) is 9.86. The Labute approximate surface area is 233 Å². The topological polar surface area (TPSA) is 89.0 Å². The van der Waals surface area contributed by atoms with Gasteiger partial charge in [-0.1, -0.05) is 56.4 Å². The molecule has 2 N–H and O–H groups in total. The molecule has 1 amide bonds. The Bertz CT molecular complexity index is 1450. The van der Waals surface area contributed by atoms with E-state index in [0.717, 1.165) is 52.3 Å². The summed E-state index contributed by atoms with van der Waals surface area (Å²) < 4.78 is 5.84. The molecule has 1 fully saturated rings. The van der Waals surface area contributed by atoms with E-state index >= 15 is 0 Å². The lowest BCUT2D eigenvalue weighted by Crippen LogP contribution is -2.10. The molecular weight excluding hydrogens is 510 g/mol. The first-order valence-corrected chi connectivity index (χ1v) is 13.8. The lowest BCUT2D eigenvalue weighted by Gasteiger charge is -2.15. The van der Waals surface area contributed by atoms with Gasteiger partial charge in [0.25, 0.3) is 0 Å². The molecule has 0 atom stereocenters. The predicted octanol–water partition coefficient (Wildman–Crippen LogP) is 7.64. The van der Waals surface area contributed by atoms with Crippen LogP contribution in [0.5, 0.6) is 5.75 Å². The number of nitrogens with zero attached hydrogens (tertiary/aromatic N) is 3. The van der Waals surface area contributed by atoms with Crippen LogP contribution in [-0.4, -0.2) is 20.9 Å². The number of carbonyl (C=O) groups excluding carboxylic acids is 1. The standard InChI is InChI=1S/C31H32ClN5O2/c1-2-30(38)37-27-18-25-28(16-22(27)11-7-10-21-8-3-4-9-21)34-20-35-31(25)36-23-13-14-29(26(32)17-23)39-19-24-12-5-6-15-33-24/h2,5-6,12-18,20-21H,1,3-4,7-11,19H2,(H,37,38)(H,34,35,36). The summed E-state index contributed by atoms with van der Waals surface area (Å²) in [5.41, 5.74) is 4.20. The maximum Gasteiger partial charge on any atom is 0.247 e. The van der Waals surface area contributed by atoms with E-state index in [0.29, 0.717) is 23.2 Å². The zero-order chi connectivity index (χ0) is 27.0. The number of aromatic nitrogens is 3.